The lowest BCUT2D eigenvalue weighted by Gasteiger charge is -2.54. The first kappa shape index (κ1) is 16.5. The minimum absolute atomic E-state index is 0.0948. The van der Waals surface area contributed by atoms with E-state index in [1.165, 1.54) is 0 Å². The highest BCUT2D eigenvalue weighted by Crippen LogP contribution is 2.50. The molecule has 1 N–H and O–H groups in total. The molecular formula is C17H33NO. The molecule has 0 aromatic carbocycles. The summed E-state index contributed by atoms with van der Waals surface area (Å²) in [5.74, 6) is 1.16. The fourth-order valence-electron chi connectivity index (χ4n) is 3.58. The summed E-state index contributed by atoms with van der Waals surface area (Å²) in [4.78, 5) is 12.1. The van der Waals surface area contributed by atoms with Crippen LogP contribution in [0.15, 0.2) is 0 Å². The monoisotopic (exact) mass is 267 g/mol. The predicted octanol–water partition coefficient (Wildman–Crippen LogP) is 4.25. The van der Waals surface area contributed by atoms with Gasteiger partial charge in [0.2, 0.25) is 5.91 Å². The zero-order valence-electron chi connectivity index (χ0n) is 14.3. The van der Waals surface area contributed by atoms with Crippen molar-refractivity contribution in [2.45, 2.75) is 74.8 Å². The Morgan fingerprint density at radius 1 is 0.842 bits per heavy atom. The fourth-order valence-corrected chi connectivity index (χ4v) is 3.58. The van der Waals surface area contributed by atoms with Crippen LogP contribution in [0, 0.1) is 28.1 Å². The number of hydrogen-bond donors (Lipinski definition) is 1. The molecule has 112 valence electrons. The number of hydrogen-bond acceptors (Lipinski definition) is 1. The molecule has 0 saturated carbocycles. The minimum atomic E-state index is 0.0948. The van der Waals surface area contributed by atoms with E-state index in [4.69, 9.17) is 0 Å². The number of amides is 1. The zero-order valence-corrected chi connectivity index (χ0v) is 14.3. The van der Waals surface area contributed by atoms with Crippen molar-refractivity contribution in [1.82, 2.24) is 5.32 Å². The maximum absolute atomic E-state index is 12.1. The van der Waals surface area contributed by atoms with Gasteiger partial charge in [0.25, 0.3) is 0 Å². The van der Waals surface area contributed by atoms with E-state index in [2.05, 4.69) is 67.6 Å². The maximum Gasteiger partial charge on any atom is 0.220 e. The van der Waals surface area contributed by atoms with E-state index in [-0.39, 0.29) is 28.2 Å². The van der Waals surface area contributed by atoms with Crippen molar-refractivity contribution in [2.24, 2.45) is 28.1 Å². The lowest BCUT2D eigenvalue weighted by Crippen LogP contribution is -2.60. The van der Waals surface area contributed by atoms with E-state index in [9.17, 15) is 4.79 Å². The molecule has 1 saturated heterocycles. The van der Waals surface area contributed by atoms with Crippen molar-refractivity contribution in [3.8, 4) is 0 Å². The molecule has 3 atom stereocenters. The van der Waals surface area contributed by atoms with Gasteiger partial charge in [-0.15, -0.1) is 0 Å². The highest BCUT2D eigenvalue weighted by Gasteiger charge is 2.50. The van der Waals surface area contributed by atoms with Crippen LogP contribution in [0.2, 0.25) is 0 Å². The second kappa shape index (κ2) is 4.79. The summed E-state index contributed by atoms with van der Waals surface area (Å²) in [6.07, 6.45) is 0.665. The van der Waals surface area contributed by atoms with Gasteiger partial charge in [-0.2, -0.15) is 0 Å². The van der Waals surface area contributed by atoms with Gasteiger partial charge in [0.1, 0.15) is 0 Å². The van der Waals surface area contributed by atoms with E-state index in [1.807, 2.05) is 0 Å². The number of nitrogens with one attached hydrogen (secondary N) is 1. The van der Waals surface area contributed by atoms with Gasteiger partial charge in [0, 0.05) is 12.5 Å². The fraction of sp³-hybridized carbons (Fsp3) is 0.941. The zero-order chi connectivity index (χ0) is 15.2. The standard InChI is InChI=1S/C17H33NO/c1-15(2,3)11-10-12(19)18-14(17(7,8)9)13(11)16(4,5)6/h11,13-14H,10H2,1-9H3,(H,18,19). The number of carbonyl (C=O) groups excluding carboxylic acids is 1. The molecule has 1 fully saturated rings. The Hall–Kier alpha value is -0.530. The predicted molar refractivity (Wildman–Crippen MR) is 81.9 cm³/mol. The summed E-state index contributed by atoms with van der Waals surface area (Å²) in [7, 11) is 0. The third-order valence-electron chi connectivity index (χ3n) is 4.56. The van der Waals surface area contributed by atoms with Crippen LogP contribution >= 0.6 is 0 Å². The first-order valence-electron chi connectivity index (χ1n) is 7.54. The van der Waals surface area contributed by atoms with Crippen molar-refractivity contribution < 1.29 is 4.79 Å². The van der Waals surface area contributed by atoms with Crippen LogP contribution < -0.4 is 5.32 Å². The summed E-state index contributed by atoms with van der Waals surface area (Å²) in [6, 6.07) is 0.248. The maximum atomic E-state index is 12.1. The third-order valence-corrected chi connectivity index (χ3v) is 4.56. The quantitative estimate of drug-likeness (QED) is 0.698. The highest BCUT2D eigenvalue weighted by atomic mass is 16.1. The van der Waals surface area contributed by atoms with Crippen LogP contribution in [0.5, 0.6) is 0 Å². The molecule has 1 heterocycles. The Morgan fingerprint density at radius 2 is 1.32 bits per heavy atom. The summed E-state index contributed by atoms with van der Waals surface area (Å²) in [5, 5.41) is 3.28. The summed E-state index contributed by atoms with van der Waals surface area (Å²) < 4.78 is 0. The molecule has 1 rings (SSSR count). The van der Waals surface area contributed by atoms with Crippen molar-refractivity contribution in [2.75, 3.05) is 0 Å². The van der Waals surface area contributed by atoms with E-state index in [0.717, 1.165) is 0 Å². The van der Waals surface area contributed by atoms with E-state index < -0.39 is 0 Å². The molecule has 0 aromatic rings. The third kappa shape index (κ3) is 3.73. The van der Waals surface area contributed by atoms with Crippen LogP contribution in [0.25, 0.3) is 0 Å². The second-order valence-corrected chi connectivity index (χ2v) is 9.48. The summed E-state index contributed by atoms with van der Waals surface area (Å²) in [6.45, 7) is 20.5. The van der Waals surface area contributed by atoms with E-state index in [1.54, 1.807) is 0 Å². The van der Waals surface area contributed by atoms with Gasteiger partial charge in [0.15, 0.2) is 0 Å². The van der Waals surface area contributed by atoms with Gasteiger partial charge in [-0.1, -0.05) is 62.3 Å². The topological polar surface area (TPSA) is 29.1 Å². The molecule has 0 aromatic heterocycles. The first-order valence-corrected chi connectivity index (χ1v) is 7.54. The molecule has 0 radical (unpaired) electrons. The van der Waals surface area contributed by atoms with Crippen molar-refractivity contribution in [3.63, 3.8) is 0 Å². The SMILES string of the molecule is CC(C)(C)C1CC(=O)NC(C(C)(C)C)C1C(C)(C)C. The molecule has 3 unspecified atom stereocenters. The average Bonchev–Trinajstić information content (AvgIpc) is 2.11. The molecule has 1 amide bonds. The lowest BCUT2D eigenvalue weighted by molar-refractivity contribution is -0.134. The smallest absolute Gasteiger partial charge is 0.220 e. The van der Waals surface area contributed by atoms with Crippen LogP contribution in [-0.2, 0) is 4.79 Å². The van der Waals surface area contributed by atoms with Gasteiger partial charge in [-0.05, 0) is 28.1 Å². The summed E-state index contributed by atoms with van der Waals surface area (Å²) >= 11 is 0. The van der Waals surface area contributed by atoms with Gasteiger partial charge < -0.3 is 5.32 Å². The number of piperidine rings is 1. The Labute approximate surface area is 119 Å². The summed E-state index contributed by atoms with van der Waals surface area (Å²) in [5.41, 5.74) is 0.459. The Bertz CT molecular complexity index is 312. The highest BCUT2D eigenvalue weighted by molar-refractivity contribution is 5.77. The average molecular weight is 267 g/mol. The van der Waals surface area contributed by atoms with E-state index in [0.29, 0.717) is 18.3 Å². The molecule has 0 spiro atoms. The molecule has 2 nitrogen and oxygen atoms in total. The molecule has 0 bridgehead atoms. The Morgan fingerprint density at radius 3 is 1.63 bits per heavy atom. The molecule has 19 heavy (non-hydrogen) atoms. The second-order valence-electron chi connectivity index (χ2n) is 9.48. The van der Waals surface area contributed by atoms with Crippen LogP contribution in [0.4, 0.5) is 0 Å². The number of rotatable bonds is 0. The largest absolute Gasteiger partial charge is 0.353 e. The Kier molecular flexibility index (Phi) is 4.16. The number of carbonyl (C=O) groups is 1. The molecule has 2 heteroatoms. The van der Waals surface area contributed by atoms with Crippen molar-refractivity contribution >= 4 is 5.91 Å². The minimum Gasteiger partial charge on any atom is -0.353 e. The lowest BCUT2D eigenvalue weighted by atomic mass is 9.55. The van der Waals surface area contributed by atoms with Crippen molar-refractivity contribution in [3.05, 3.63) is 0 Å². The molecular weight excluding hydrogens is 234 g/mol. The molecule has 1 aliphatic heterocycles. The molecule has 1 aliphatic rings. The first-order chi connectivity index (χ1) is 8.24. The van der Waals surface area contributed by atoms with Gasteiger partial charge in [-0.3, -0.25) is 4.79 Å². The van der Waals surface area contributed by atoms with Gasteiger partial charge >= 0.3 is 0 Å². The Balaban J connectivity index is 3.27. The van der Waals surface area contributed by atoms with Crippen LogP contribution in [0.1, 0.15) is 68.7 Å². The van der Waals surface area contributed by atoms with Gasteiger partial charge in [0.05, 0.1) is 0 Å². The van der Waals surface area contributed by atoms with Crippen LogP contribution in [0.3, 0.4) is 0 Å². The normalized spacial score (nSPS) is 30.2. The van der Waals surface area contributed by atoms with Crippen LogP contribution in [-0.4, -0.2) is 11.9 Å². The molecule has 0 aliphatic carbocycles. The van der Waals surface area contributed by atoms with E-state index >= 15 is 0 Å². The van der Waals surface area contributed by atoms with Crippen molar-refractivity contribution in [1.29, 1.82) is 0 Å². The van der Waals surface area contributed by atoms with Gasteiger partial charge in [-0.25, -0.2) is 0 Å².